The van der Waals surface area contributed by atoms with Crippen LogP contribution in [0.4, 0.5) is 10.1 Å². The maximum Gasteiger partial charge on any atom is 0.286 e. The van der Waals surface area contributed by atoms with Crippen LogP contribution >= 0.6 is 0 Å². The van der Waals surface area contributed by atoms with Crippen molar-refractivity contribution in [1.29, 1.82) is 0 Å². The number of halogens is 1. The summed E-state index contributed by atoms with van der Waals surface area (Å²) in [6, 6.07) is 16.7. The first kappa shape index (κ1) is 14.7. The van der Waals surface area contributed by atoms with Crippen molar-refractivity contribution in [3.8, 4) is 0 Å². The molecule has 0 aromatic heterocycles. The minimum Gasteiger partial charge on any atom is -0.301 e. The Balaban J connectivity index is 2.43. The fourth-order valence-electron chi connectivity index (χ4n) is 2.08. The Morgan fingerprint density at radius 1 is 1.10 bits per heavy atom. The molecule has 106 valence electrons. The number of rotatable bonds is 5. The molecule has 2 rings (SSSR count). The Morgan fingerprint density at radius 3 is 2.33 bits per heavy atom. The highest BCUT2D eigenvalue weighted by atomic mass is 19.1. The van der Waals surface area contributed by atoms with Gasteiger partial charge in [-0.25, -0.2) is 4.39 Å². The zero-order chi connectivity index (χ0) is 15.2. The van der Waals surface area contributed by atoms with Gasteiger partial charge in [-0.2, -0.15) is 0 Å². The molecule has 0 spiro atoms. The molecule has 0 heterocycles. The average Bonchev–Trinajstić information content (AvgIpc) is 2.53. The second-order valence-corrected chi connectivity index (χ2v) is 4.54. The number of anilines is 1. The first-order chi connectivity index (χ1) is 10.1. The van der Waals surface area contributed by atoms with Crippen molar-refractivity contribution in [2.24, 2.45) is 0 Å². The molecule has 2 aromatic carbocycles. The molecule has 0 saturated heterocycles. The van der Waals surface area contributed by atoms with Gasteiger partial charge < -0.3 is 4.90 Å². The first-order valence-corrected chi connectivity index (χ1v) is 6.55. The lowest BCUT2D eigenvalue weighted by atomic mass is 10.1. The minimum atomic E-state index is -0.982. The topological polar surface area (TPSA) is 20.3 Å². The van der Waals surface area contributed by atoms with E-state index in [0.717, 1.165) is 11.1 Å². The summed E-state index contributed by atoms with van der Waals surface area (Å²) in [6.07, 6.45) is 1.64. The van der Waals surface area contributed by atoms with Gasteiger partial charge in [0.15, 0.2) is 5.83 Å². The second kappa shape index (κ2) is 6.66. The Labute approximate surface area is 123 Å². The van der Waals surface area contributed by atoms with Gasteiger partial charge in [0.1, 0.15) is 0 Å². The molecule has 1 amide bonds. The Kier molecular flexibility index (Phi) is 4.67. The molecule has 0 aliphatic carbocycles. The fourth-order valence-corrected chi connectivity index (χ4v) is 2.08. The molecule has 21 heavy (non-hydrogen) atoms. The number of carbonyl (C=O) groups excluding carboxylic acids is 1. The van der Waals surface area contributed by atoms with Crippen LogP contribution in [0.3, 0.4) is 0 Å². The van der Waals surface area contributed by atoms with Gasteiger partial charge in [-0.15, -0.1) is 0 Å². The molecule has 0 aliphatic rings. The zero-order valence-corrected chi connectivity index (χ0v) is 11.6. The normalized spacial score (nSPS) is 9.95. The van der Waals surface area contributed by atoms with Crippen molar-refractivity contribution in [3.63, 3.8) is 0 Å². The average molecular weight is 281 g/mol. The molecule has 3 heteroatoms. The molecule has 2 nitrogen and oxygen atoms in total. The maximum absolute atomic E-state index is 13.4. The van der Waals surface area contributed by atoms with Gasteiger partial charge in [-0.1, -0.05) is 67.8 Å². The van der Waals surface area contributed by atoms with Gasteiger partial charge in [0.05, 0.1) is 12.2 Å². The van der Waals surface area contributed by atoms with E-state index in [0.29, 0.717) is 5.69 Å². The van der Waals surface area contributed by atoms with Crippen LogP contribution in [0.25, 0.3) is 6.08 Å². The SMILES string of the molecule is C=Cc1ccccc1N(Cc1ccccc1)C(=O)C(=C)F. The third kappa shape index (κ3) is 3.45. The monoisotopic (exact) mass is 281 g/mol. The first-order valence-electron chi connectivity index (χ1n) is 6.55. The van der Waals surface area contributed by atoms with E-state index in [4.69, 9.17) is 0 Å². The summed E-state index contributed by atoms with van der Waals surface area (Å²) < 4.78 is 13.4. The number of nitrogens with zero attached hydrogens (tertiary/aromatic N) is 1. The van der Waals surface area contributed by atoms with Crippen LogP contribution in [0.15, 0.2) is 73.6 Å². The smallest absolute Gasteiger partial charge is 0.286 e. The third-order valence-electron chi connectivity index (χ3n) is 3.11. The number of hydrogen-bond donors (Lipinski definition) is 0. The van der Waals surface area contributed by atoms with E-state index < -0.39 is 11.7 Å². The van der Waals surface area contributed by atoms with E-state index in [2.05, 4.69) is 13.2 Å². The van der Waals surface area contributed by atoms with E-state index in [9.17, 15) is 9.18 Å². The molecule has 0 radical (unpaired) electrons. The van der Waals surface area contributed by atoms with Crippen molar-refractivity contribution in [1.82, 2.24) is 0 Å². The van der Waals surface area contributed by atoms with Crippen molar-refractivity contribution in [2.75, 3.05) is 4.90 Å². The van der Waals surface area contributed by atoms with E-state index in [1.807, 2.05) is 42.5 Å². The Hall–Kier alpha value is -2.68. The largest absolute Gasteiger partial charge is 0.301 e. The Bertz CT molecular complexity index is 664. The van der Waals surface area contributed by atoms with Crippen LogP contribution in [-0.4, -0.2) is 5.91 Å². The van der Waals surface area contributed by atoms with E-state index in [-0.39, 0.29) is 6.54 Å². The second-order valence-electron chi connectivity index (χ2n) is 4.54. The molecule has 0 atom stereocenters. The van der Waals surface area contributed by atoms with Crippen LogP contribution in [0.1, 0.15) is 11.1 Å². The summed E-state index contributed by atoms with van der Waals surface area (Å²) in [5, 5.41) is 0. The van der Waals surface area contributed by atoms with Gasteiger partial charge in [0, 0.05) is 0 Å². The van der Waals surface area contributed by atoms with Gasteiger partial charge in [0.2, 0.25) is 0 Å². The molecule has 0 bridgehead atoms. The number of amides is 1. The summed E-state index contributed by atoms with van der Waals surface area (Å²) in [4.78, 5) is 13.5. The van der Waals surface area contributed by atoms with Crippen LogP contribution < -0.4 is 4.90 Å². The van der Waals surface area contributed by atoms with E-state index in [1.165, 1.54) is 4.90 Å². The number of benzene rings is 2. The molecule has 0 fully saturated rings. The van der Waals surface area contributed by atoms with Crippen molar-refractivity contribution >= 4 is 17.7 Å². The van der Waals surface area contributed by atoms with Gasteiger partial charge >= 0.3 is 0 Å². The van der Waals surface area contributed by atoms with E-state index in [1.54, 1.807) is 18.2 Å². The molecule has 0 aliphatic heterocycles. The maximum atomic E-state index is 13.4. The summed E-state index contributed by atoms with van der Waals surface area (Å²) in [5.74, 6) is -1.72. The van der Waals surface area contributed by atoms with E-state index >= 15 is 0 Å². The highest BCUT2D eigenvalue weighted by Crippen LogP contribution is 2.25. The minimum absolute atomic E-state index is 0.271. The molecule has 0 unspecified atom stereocenters. The molecular formula is C18H16FNO. The number of para-hydroxylation sites is 1. The van der Waals surface area contributed by atoms with Crippen LogP contribution in [0, 0.1) is 0 Å². The number of hydrogen-bond acceptors (Lipinski definition) is 1. The van der Waals surface area contributed by atoms with Gasteiger partial charge in [-0.3, -0.25) is 4.79 Å². The van der Waals surface area contributed by atoms with Crippen LogP contribution in [-0.2, 0) is 11.3 Å². The predicted molar refractivity (Wildman–Crippen MR) is 84.4 cm³/mol. The van der Waals surface area contributed by atoms with Crippen molar-refractivity contribution in [2.45, 2.75) is 6.54 Å². The lowest BCUT2D eigenvalue weighted by Crippen LogP contribution is -2.31. The summed E-state index contributed by atoms with van der Waals surface area (Å²) in [7, 11) is 0. The highest BCUT2D eigenvalue weighted by Gasteiger charge is 2.20. The standard InChI is InChI=1S/C18H16FNO/c1-3-16-11-7-8-12-17(16)20(18(21)14(2)19)13-15-9-5-4-6-10-15/h3-12H,1-2,13H2. The van der Waals surface area contributed by atoms with Crippen LogP contribution in [0.5, 0.6) is 0 Å². The molecule has 2 aromatic rings. The predicted octanol–water partition coefficient (Wildman–Crippen LogP) is 4.35. The lowest BCUT2D eigenvalue weighted by molar-refractivity contribution is -0.116. The van der Waals surface area contributed by atoms with Crippen molar-refractivity contribution < 1.29 is 9.18 Å². The quantitative estimate of drug-likeness (QED) is 0.746. The van der Waals surface area contributed by atoms with Crippen molar-refractivity contribution in [3.05, 3.63) is 84.7 Å². The van der Waals surface area contributed by atoms with Crippen LogP contribution in [0.2, 0.25) is 0 Å². The summed E-state index contributed by atoms with van der Waals surface area (Å²) in [5.41, 5.74) is 2.29. The fraction of sp³-hybridized carbons (Fsp3) is 0.0556. The van der Waals surface area contributed by atoms with Gasteiger partial charge in [-0.05, 0) is 17.2 Å². The summed E-state index contributed by atoms with van der Waals surface area (Å²) >= 11 is 0. The highest BCUT2D eigenvalue weighted by molar-refractivity contribution is 6.04. The van der Waals surface area contributed by atoms with Gasteiger partial charge in [0.25, 0.3) is 5.91 Å². The molecular weight excluding hydrogens is 265 g/mol. The molecule has 0 N–H and O–H groups in total. The molecule has 0 saturated carbocycles. The number of carbonyl (C=O) groups is 1. The lowest BCUT2D eigenvalue weighted by Gasteiger charge is -2.24. The zero-order valence-electron chi connectivity index (χ0n) is 11.6. The summed E-state index contributed by atoms with van der Waals surface area (Å²) in [6.45, 7) is 7.12. The third-order valence-corrected chi connectivity index (χ3v) is 3.11. The Morgan fingerprint density at radius 2 is 1.71 bits per heavy atom.